The van der Waals surface area contributed by atoms with Gasteiger partial charge in [-0.2, -0.15) is 0 Å². The lowest BCUT2D eigenvalue weighted by Gasteiger charge is -2.28. The second-order valence-corrected chi connectivity index (χ2v) is 4.94. The average molecular weight is 230 g/mol. The van der Waals surface area contributed by atoms with Crippen LogP contribution in [0.5, 0.6) is 0 Å². The van der Waals surface area contributed by atoms with Gasteiger partial charge in [-0.3, -0.25) is 4.79 Å². The van der Waals surface area contributed by atoms with Gasteiger partial charge in [-0.1, -0.05) is 24.3 Å². The summed E-state index contributed by atoms with van der Waals surface area (Å²) in [4.78, 5) is 14.3. The molecule has 0 aliphatic carbocycles. The second kappa shape index (κ2) is 4.49. The molecule has 0 saturated carbocycles. The van der Waals surface area contributed by atoms with Crippen LogP contribution in [0.15, 0.2) is 24.3 Å². The van der Waals surface area contributed by atoms with Gasteiger partial charge < -0.3 is 10.2 Å². The molecule has 1 aromatic carbocycles. The maximum atomic E-state index is 12.3. The minimum Gasteiger partial charge on any atom is -0.341 e. The van der Waals surface area contributed by atoms with E-state index in [1.165, 1.54) is 11.1 Å². The largest absolute Gasteiger partial charge is 0.341 e. The summed E-state index contributed by atoms with van der Waals surface area (Å²) in [5, 5.41) is 3.36. The third kappa shape index (κ3) is 2.07. The molecule has 0 bridgehead atoms. The molecule has 1 aromatic rings. The van der Waals surface area contributed by atoms with Gasteiger partial charge in [0, 0.05) is 19.6 Å². The molecule has 0 spiro atoms. The van der Waals surface area contributed by atoms with Gasteiger partial charge in [0.15, 0.2) is 0 Å². The number of hydrogen-bond donors (Lipinski definition) is 1. The van der Waals surface area contributed by atoms with Crippen molar-refractivity contribution in [2.75, 3.05) is 13.1 Å². The van der Waals surface area contributed by atoms with E-state index in [0.29, 0.717) is 0 Å². The van der Waals surface area contributed by atoms with Crippen LogP contribution in [0.25, 0.3) is 0 Å². The summed E-state index contributed by atoms with van der Waals surface area (Å²) >= 11 is 0. The predicted octanol–water partition coefficient (Wildman–Crippen LogP) is 1.32. The number of fused-ring (bicyclic) bond motifs is 1. The molecular weight excluding hydrogens is 212 g/mol. The average Bonchev–Trinajstić information content (AvgIpc) is 2.91. The summed E-state index contributed by atoms with van der Waals surface area (Å²) in [6, 6.07) is 8.38. The normalized spacial score (nSPS) is 23.5. The molecule has 1 saturated heterocycles. The highest BCUT2D eigenvalue weighted by molar-refractivity contribution is 5.82. The molecular formula is C14H18N2O. The Labute approximate surface area is 102 Å². The quantitative estimate of drug-likeness (QED) is 0.789. The minimum atomic E-state index is -0.0111. The zero-order chi connectivity index (χ0) is 11.7. The first kappa shape index (κ1) is 10.8. The van der Waals surface area contributed by atoms with Gasteiger partial charge in [0.1, 0.15) is 0 Å². The number of nitrogens with zero attached hydrogens (tertiary/aromatic N) is 1. The van der Waals surface area contributed by atoms with E-state index in [9.17, 15) is 4.79 Å². The van der Waals surface area contributed by atoms with Gasteiger partial charge in [0.2, 0.25) is 5.91 Å². The van der Waals surface area contributed by atoms with Crippen LogP contribution < -0.4 is 5.32 Å². The van der Waals surface area contributed by atoms with Crippen LogP contribution in [0, 0.1) is 0 Å². The maximum Gasteiger partial charge on any atom is 0.240 e. The van der Waals surface area contributed by atoms with Gasteiger partial charge in [-0.25, -0.2) is 0 Å². The number of nitrogens with one attached hydrogen (secondary N) is 1. The van der Waals surface area contributed by atoms with Gasteiger partial charge in [-0.05, 0) is 30.4 Å². The summed E-state index contributed by atoms with van der Waals surface area (Å²) in [5.41, 5.74) is 2.65. The molecule has 1 atom stereocenters. The predicted molar refractivity (Wildman–Crippen MR) is 66.6 cm³/mol. The van der Waals surface area contributed by atoms with Crippen molar-refractivity contribution in [1.29, 1.82) is 0 Å². The molecule has 1 N–H and O–H groups in total. The Morgan fingerprint density at radius 1 is 1.18 bits per heavy atom. The van der Waals surface area contributed by atoms with Gasteiger partial charge in [0.05, 0.1) is 6.04 Å². The second-order valence-electron chi connectivity index (χ2n) is 4.94. The van der Waals surface area contributed by atoms with E-state index in [-0.39, 0.29) is 11.9 Å². The topological polar surface area (TPSA) is 32.3 Å². The number of rotatable bonds is 1. The molecule has 1 fully saturated rings. The van der Waals surface area contributed by atoms with Crippen molar-refractivity contribution >= 4 is 5.91 Å². The van der Waals surface area contributed by atoms with Crippen LogP contribution in [-0.4, -0.2) is 29.9 Å². The first-order valence-corrected chi connectivity index (χ1v) is 6.43. The van der Waals surface area contributed by atoms with Crippen molar-refractivity contribution in [2.45, 2.75) is 31.8 Å². The summed E-state index contributed by atoms with van der Waals surface area (Å²) in [6.45, 7) is 2.71. The Morgan fingerprint density at radius 2 is 1.88 bits per heavy atom. The molecule has 2 heterocycles. The summed E-state index contributed by atoms with van der Waals surface area (Å²) in [6.07, 6.45) is 3.16. The maximum absolute atomic E-state index is 12.3. The smallest absolute Gasteiger partial charge is 0.240 e. The molecule has 90 valence electrons. The number of carbonyl (C=O) groups is 1. The molecule has 0 radical (unpaired) electrons. The SMILES string of the molecule is O=C(C1Cc2ccccc2CN1)N1CCCC1. The molecule has 0 aromatic heterocycles. The van der Waals surface area contributed by atoms with Crippen molar-refractivity contribution in [1.82, 2.24) is 10.2 Å². The first-order valence-electron chi connectivity index (χ1n) is 6.43. The standard InChI is InChI=1S/C14H18N2O/c17-14(16-7-3-4-8-16)13-9-11-5-1-2-6-12(11)10-15-13/h1-2,5-6,13,15H,3-4,7-10H2. The number of benzene rings is 1. The van der Waals surface area contributed by atoms with Crippen LogP contribution in [-0.2, 0) is 17.8 Å². The molecule has 2 aliphatic rings. The van der Waals surface area contributed by atoms with E-state index in [0.717, 1.165) is 38.9 Å². The van der Waals surface area contributed by atoms with Crippen LogP contribution >= 0.6 is 0 Å². The van der Waals surface area contributed by atoms with E-state index in [2.05, 4.69) is 29.6 Å². The lowest BCUT2D eigenvalue weighted by molar-refractivity contribution is -0.132. The fourth-order valence-electron chi connectivity index (χ4n) is 2.79. The highest BCUT2D eigenvalue weighted by atomic mass is 16.2. The lowest BCUT2D eigenvalue weighted by atomic mass is 9.95. The van der Waals surface area contributed by atoms with Gasteiger partial charge >= 0.3 is 0 Å². The Morgan fingerprint density at radius 3 is 2.65 bits per heavy atom. The fraction of sp³-hybridized carbons (Fsp3) is 0.500. The monoisotopic (exact) mass is 230 g/mol. The van der Waals surface area contributed by atoms with E-state index in [1.807, 2.05) is 4.90 Å². The Balaban J connectivity index is 1.73. The fourth-order valence-corrected chi connectivity index (χ4v) is 2.79. The molecule has 3 rings (SSSR count). The highest BCUT2D eigenvalue weighted by Gasteiger charge is 2.28. The molecule has 3 nitrogen and oxygen atoms in total. The van der Waals surface area contributed by atoms with Gasteiger partial charge in [0.25, 0.3) is 0 Å². The Kier molecular flexibility index (Phi) is 2.85. The van der Waals surface area contributed by atoms with Crippen LogP contribution in [0.3, 0.4) is 0 Å². The molecule has 3 heteroatoms. The van der Waals surface area contributed by atoms with Crippen molar-refractivity contribution in [3.05, 3.63) is 35.4 Å². The third-order valence-electron chi connectivity index (χ3n) is 3.80. The van der Waals surface area contributed by atoms with Crippen molar-refractivity contribution in [3.8, 4) is 0 Å². The first-order chi connectivity index (χ1) is 8.34. The molecule has 2 aliphatic heterocycles. The van der Waals surface area contributed by atoms with E-state index in [1.54, 1.807) is 0 Å². The number of likely N-dealkylation sites (tertiary alicyclic amines) is 1. The number of hydrogen-bond acceptors (Lipinski definition) is 2. The molecule has 1 amide bonds. The lowest BCUT2D eigenvalue weighted by Crippen LogP contribution is -2.48. The van der Waals surface area contributed by atoms with Crippen LogP contribution in [0.2, 0.25) is 0 Å². The Hall–Kier alpha value is -1.35. The van der Waals surface area contributed by atoms with Crippen molar-refractivity contribution in [3.63, 3.8) is 0 Å². The van der Waals surface area contributed by atoms with Crippen LogP contribution in [0.1, 0.15) is 24.0 Å². The number of carbonyl (C=O) groups excluding carboxylic acids is 1. The molecule has 17 heavy (non-hydrogen) atoms. The van der Waals surface area contributed by atoms with Gasteiger partial charge in [-0.15, -0.1) is 0 Å². The van der Waals surface area contributed by atoms with Crippen LogP contribution in [0.4, 0.5) is 0 Å². The summed E-state index contributed by atoms with van der Waals surface area (Å²) in [5.74, 6) is 0.289. The molecule has 1 unspecified atom stereocenters. The number of amides is 1. The summed E-state index contributed by atoms with van der Waals surface area (Å²) < 4.78 is 0. The minimum absolute atomic E-state index is 0.0111. The van der Waals surface area contributed by atoms with Crippen molar-refractivity contribution < 1.29 is 4.79 Å². The van der Waals surface area contributed by atoms with E-state index in [4.69, 9.17) is 0 Å². The zero-order valence-electron chi connectivity index (χ0n) is 9.98. The Bertz CT molecular complexity index is 424. The van der Waals surface area contributed by atoms with E-state index < -0.39 is 0 Å². The summed E-state index contributed by atoms with van der Waals surface area (Å²) in [7, 11) is 0. The third-order valence-corrected chi connectivity index (χ3v) is 3.80. The van der Waals surface area contributed by atoms with Crippen molar-refractivity contribution in [2.24, 2.45) is 0 Å². The highest BCUT2D eigenvalue weighted by Crippen LogP contribution is 2.18. The van der Waals surface area contributed by atoms with E-state index >= 15 is 0 Å². The zero-order valence-corrected chi connectivity index (χ0v) is 9.98.